The van der Waals surface area contributed by atoms with E-state index in [2.05, 4.69) is 108 Å². The number of sulfone groups is 1. The normalized spacial score (nSPS) is 21.9. The van der Waals surface area contributed by atoms with Crippen LogP contribution in [0.3, 0.4) is 0 Å². The van der Waals surface area contributed by atoms with Crippen LogP contribution in [0.2, 0.25) is 5.02 Å². The first-order valence-corrected chi connectivity index (χ1v) is 44.4. The van der Waals surface area contributed by atoms with Gasteiger partial charge in [0.1, 0.15) is 43.4 Å². The molecular formula is C79H112ClN9O13S4. The number of methoxy groups -OCH3 is 2. The van der Waals surface area contributed by atoms with Gasteiger partial charge in [0, 0.05) is 126 Å². The maximum Gasteiger partial charge on any atom is 0.244 e. The van der Waals surface area contributed by atoms with E-state index < -0.39 is 39.9 Å². The summed E-state index contributed by atoms with van der Waals surface area (Å²) in [5.74, 6) is 3.50. The molecule has 3 N–H and O–H groups in total. The van der Waals surface area contributed by atoms with Gasteiger partial charge in [0.15, 0.2) is 9.84 Å². The number of hydrogen-bond donors (Lipinski definition) is 3. The van der Waals surface area contributed by atoms with Gasteiger partial charge in [-0.2, -0.15) is 0 Å². The van der Waals surface area contributed by atoms with Gasteiger partial charge in [0.05, 0.1) is 54.5 Å². The van der Waals surface area contributed by atoms with Crippen LogP contribution in [0, 0.1) is 6.92 Å². The predicted octanol–water partition coefficient (Wildman–Crippen LogP) is 12.0. The molecule has 3 aliphatic carbocycles. The van der Waals surface area contributed by atoms with Crippen molar-refractivity contribution in [2.24, 2.45) is 0 Å². The summed E-state index contributed by atoms with van der Waals surface area (Å²) >= 11 is 6.04. The third-order valence-corrected chi connectivity index (χ3v) is 27.0. The van der Waals surface area contributed by atoms with Gasteiger partial charge in [-0.1, -0.05) is 66.2 Å². The highest BCUT2D eigenvalue weighted by Gasteiger charge is 2.37. The van der Waals surface area contributed by atoms with Crippen molar-refractivity contribution in [1.82, 2.24) is 28.9 Å². The minimum Gasteiger partial charge on any atom is -0.495 e. The highest BCUT2D eigenvalue weighted by atomic mass is 35.5. The molecule has 0 amide bonds. The Morgan fingerprint density at radius 2 is 0.651 bits per heavy atom. The van der Waals surface area contributed by atoms with E-state index in [0.29, 0.717) is 34.6 Å². The molecule has 6 aromatic carbocycles. The van der Waals surface area contributed by atoms with Crippen molar-refractivity contribution in [3.05, 3.63) is 144 Å². The summed E-state index contributed by atoms with van der Waals surface area (Å²) in [6.45, 7) is 25.8. The number of halogens is 1. The lowest BCUT2D eigenvalue weighted by atomic mass is 9.90. The second-order valence-corrected chi connectivity index (χ2v) is 37.0. The lowest BCUT2D eigenvalue weighted by Crippen LogP contribution is -2.52. The Hall–Kier alpha value is -6.43. The Bertz CT molecular complexity index is 4130. The van der Waals surface area contributed by atoms with Gasteiger partial charge >= 0.3 is 0 Å². The van der Waals surface area contributed by atoms with Gasteiger partial charge in [-0.05, 0) is 210 Å². The fourth-order valence-corrected chi connectivity index (χ4v) is 21.8. The fourth-order valence-electron chi connectivity index (χ4n) is 15.6. The number of aryl methyl sites for hydroxylation is 1. The maximum absolute atomic E-state index is 13.1. The van der Waals surface area contributed by atoms with Crippen LogP contribution in [0.1, 0.15) is 124 Å². The molecule has 3 heterocycles. The Balaban J connectivity index is 0.000000170. The third-order valence-electron chi connectivity index (χ3n) is 20.8. The molecule has 0 aromatic heterocycles. The zero-order chi connectivity index (χ0) is 75.9. The van der Waals surface area contributed by atoms with Gasteiger partial charge in [0.25, 0.3) is 0 Å². The number of anilines is 3. The Morgan fingerprint density at radius 3 is 0.972 bits per heavy atom. The molecule has 582 valence electrons. The van der Waals surface area contributed by atoms with Crippen LogP contribution in [0.25, 0.3) is 0 Å². The average molecular weight is 1560 g/mol. The molecule has 6 fully saturated rings. The summed E-state index contributed by atoms with van der Waals surface area (Å²) in [4.78, 5) is 14.8. The number of hydrogen-bond acceptors (Lipinski definition) is 19. The van der Waals surface area contributed by atoms with E-state index in [1.807, 2.05) is 63.2 Å². The summed E-state index contributed by atoms with van der Waals surface area (Å²) in [7, 11) is -11.9. The molecule has 6 aliphatic rings. The van der Waals surface area contributed by atoms with Crippen molar-refractivity contribution in [3.8, 4) is 28.7 Å². The van der Waals surface area contributed by atoms with Gasteiger partial charge in [0.2, 0.25) is 30.1 Å². The second-order valence-electron chi connectivity index (χ2n) is 29.5. The first kappa shape index (κ1) is 82.1. The van der Waals surface area contributed by atoms with Crippen molar-refractivity contribution in [2.45, 2.75) is 200 Å². The van der Waals surface area contributed by atoms with Crippen LogP contribution in [0.5, 0.6) is 28.7 Å². The van der Waals surface area contributed by atoms with E-state index in [4.69, 9.17) is 35.3 Å². The van der Waals surface area contributed by atoms with Crippen LogP contribution in [-0.4, -0.2) is 202 Å². The molecule has 0 unspecified atom stereocenters. The predicted molar refractivity (Wildman–Crippen MR) is 422 cm³/mol. The highest BCUT2D eigenvalue weighted by molar-refractivity contribution is 7.93. The van der Waals surface area contributed by atoms with Crippen molar-refractivity contribution in [1.29, 1.82) is 0 Å². The number of ether oxygens (including phenoxy) is 5. The van der Waals surface area contributed by atoms with Gasteiger partial charge in [-0.15, -0.1) is 0 Å². The highest BCUT2D eigenvalue weighted by Crippen LogP contribution is 2.37. The smallest absolute Gasteiger partial charge is 0.244 e. The quantitative estimate of drug-likeness (QED) is 0.0510. The number of rotatable bonds is 24. The topological polar surface area (TPSA) is 238 Å². The van der Waals surface area contributed by atoms with E-state index in [9.17, 15) is 33.7 Å². The molecule has 27 heteroatoms. The second kappa shape index (κ2) is 37.3. The molecule has 0 radical (unpaired) electrons. The van der Waals surface area contributed by atoms with Crippen LogP contribution in [-0.2, 0) is 39.9 Å². The zero-order valence-electron chi connectivity index (χ0n) is 63.4. The zero-order valence-corrected chi connectivity index (χ0v) is 67.4. The summed E-state index contributed by atoms with van der Waals surface area (Å²) in [6.07, 6.45) is 12.0. The molecule has 3 saturated heterocycles. The van der Waals surface area contributed by atoms with Crippen LogP contribution >= 0.6 is 11.6 Å². The number of piperazine rings is 3. The summed E-state index contributed by atoms with van der Waals surface area (Å²) < 4.78 is 140. The SMILES string of the molecule is CC(C)Oc1ccccc1N1CCN(C2CCC(NS(=O)(=O)c3ccccc3S(C)(=O)=O)CC2)CC1.COc1ccc(C)cc1S(=O)(=O)NC1CCC(N2CCN(c3ccccc3OC(C)C)CC2)CC1.COc1ccc(Cl)cc1S(=O)(=O)NC1CCC(N2CCN(c3ccccc3OC(C)C)CC2)CC1. The monoisotopic (exact) mass is 1560 g/mol. The molecule has 3 saturated carbocycles. The number of para-hydroxylation sites is 6. The minimum absolute atomic E-state index is 0.0391. The third kappa shape index (κ3) is 22.2. The Morgan fingerprint density at radius 1 is 0.358 bits per heavy atom. The van der Waals surface area contributed by atoms with Crippen molar-refractivity contribution >= 4 is 68.6 Å². The standard InChI is InChI=1S/C27H39N3O4S.C26H36ClN3O4S.C26H37N3O5S2/c1-20(2)34-25-8-6-5-7-24(25)30-17-15-29(16-18-30)23-12-10-22(11-13-23)28-35(31,32)27-19-21(3)9-14-26(27)33-4;1-19(2)34-24-7-5-4-6-23(24)30-16-14-29(15-17-30)22-11-9-21(10-12-22)28-35(31,32)26-18-20(27)8-13-25(26)33-3;1-20(2)34-24-9-5-4-8-23(24)29-18-16-28(17-19-29)22-14-12-21(13-15-22)27-36(32,33)26-11-7-6-10-25(26)35(3,30)31/h5-9,14,19-20,22-23,28H,10-13,15-18H2,1-4H3;4-8,13,18-19,21-22,28H,9-12,14-17H2,1-3H3;4-11,20-22,27H,12-19H2,1-3H3. The molecule has 3 aliphatic heterocycles. The van der Waals surface area contributed by atoms with Crippen LogP contribution in [0.15, 0.2) is 153 Å². The number of sulfonamides is 3. The van der Waals surface area contributed by atoms with E-state index in [1.165, 1.54) is 44.2 Å². The first-order valence-electron chi connectivity index (χ1n) is 37.7. The fraction of sp³-hybridized carbons (Fsp3) is 0.544. The lowest BCUT2D eigenvalue weighted by Gasteiger charge is -2.43. The van der Waals surface area contributed by atoms with Crippen molar-refractivity contribution in [2.75, 3.05) is 114 Å². The van der Waals surface area contributed by atoms with E-state index in [-0.39, 0.29) is 56.0 Å². The minimum atomic E-state index is -3.93. The molecule has 22 nitrogen and oxygen atoms in total. The molecule has 6 aromatic rings. The number of nitrogens with one attached hydrogen (secondary N) is 3. The van der Waals surface area contributed by atoms with Crippen LogP contribution in [0.4, 0.5) is 17.1 Å². The molecule has 12 rings (SSSR count). The van der Waals surface area contributed by atoms with E-state index in [0.717, 1.165) is 196 Å². The van der Waals surface area contributed by atoms with Crippen molar-refractivity contribution in [3.63, 3.8) is 0 Å². The number of nitrogens with zero attached hydrogens (tertiary/aromatic N) is 6. The van der Waals surface area contributed by atoms with Crippen molar-refractivity contribution < 1.29 is 57.4 Å². The summed E-state index contributed by atoms with van der Waals surface area (Å²) in [6, 6.07) is 41.6. The maximum atomic E-state index is 13.1. The molecular weight excluding hydrogens is 1450 g/mol. The summed E-state index contributed by atoms with van der Waals surface area (Å²) in [5.41, 5.74) is 4.37. The molecule has 0 spiro atoms. The molecule has 0 bridgehead atoms. The van der Waals surface area contributed by atoms with Gasteiger partial charge < -0.3 is 38.4 Å². The van der Waals surface area contributed by atoms with E-state index >= 15 is 0 Å². The van der Waals surface area contributed by atoms with Gasteiger partial charge in [-0.25, -0.2) is 47.8 Å². The first-order chi connectivity index (χ1) is 50.6. The average Bonchev–Trinajstić information content (AvgIpc) is 0.642. The Kier molecular flexibility index (Phi) is 28.9. The summed E-state index contributed by atoms with van der Waals surface area (Å²) in [5, 5.41) is 0.368. The van der Waals surface area contributed by atoms with Crippen LogP contribution < -0.4 is 52.6 Å². The Labute approximate surface area is 636 Å². The van der Waals surface area contributed by atoms with Gasteiger partial charge in [-0.3, -0.25) is 14.7 Å². The number of benzene rings is 6. The molecule has 106 heavy (non-hydrogen) atoms. The van der Waals surface area contributed by atoms with E-state index in [1.54, 1.807) is 30.3 Å². The molecule has 0 atom stereocenters. The largest absolute Gasteiger partial charge is 0.495 e. The lowest BCUT2D eigenvalue weighted by molar-refractivity contribution is 0.139.